The molecule has 2 atom stereocenters. The summed E-state index contributed by atoms with van der Waals surface area (Å²) in [6.45, 7) is 4.29. The van der Waals surface area contributed by atoms with Gasteiger partial charge in [0.1, 0.15) is 29.8 Å². The summed E-state index contributed by atoms with van der Waals surface area (Å²) in [5.74, 6) is -0.351. The third-order valence-corrected chi connectivity index (χ3v) is 10.1. The number of hydrogen-bond acceptors (Lipinski definition) is 10. The van der Waals surface area contributed by atoms with Gasteiger partial charge in [-0.25, -0.2) is 18.7 Å². The second-order valence-electron chi connectivity index (χ2n) is 11.6. The van der Waals surface area contributed by atoms with E-state index >= 15 is 4.39 Å². The Kier molecular flexibility index (Phi) is 5.62. The zero-order valence-corrected chi connectivity index (χ0v) is 22.8. The van der Waals surface area contributed by atoms with Crippen LogP contribution in [0.5, 0.6) is 6.01 Å². The lowest BCUT2D eigenvalue weighted by atomic mass is 9.95. The summed E-state index contributed by atoms with van der Waals surface area (Å²) in [6.07, 6.45) is 6.79. The Morgan fingerprint density at radius 1 is 1.02 bits per heavy atom. The number of pyridine rings is 1. The Balaban J connectivity index is 1.24. The number of benzene rings is 1. The molecule has 1 aromatic carbocycles. The van der Waals surface area contributed by atoms with Crippen LogP contribution in [0.25, 0.3) is 32.5 Å². The molecule has 0 aliphatic carbocycles. The fourth-order valence-electron chi connectivity index (χ4n) is 7.30. The molecule has 2 unspecified atom stereocenters. The predicted molar refractivity (Wildman–Crippen MR) is 151 cm³/mol. The minimum absolute atomic E-state index is 0.0400. The van der Waals surface area contributed by atoms with Gasteiger partial charge in [0, 0.05) is 30.7 Å². The Labute approximate surface area is 233 Å². The van der Waals surface area contributed by atoms with Crippen molar-refractivity contribution in [3.8, 4) is 17.3 Å². The van der Waals surface area contributed by atoms with E-state index in [1.165, 1.54) is 31.0 Å². The van der Waals surface area contributed by atoms with Gasteiger partial charge in [-0.2, -0.15) is 9.97 Å². The summed E-state index contributed by atoms with van der Waals surface area (Å²) in [4.78, 5) is 23.3. The van der Waals surface area contributed by atoms with Gasteiger partial charge in [0.2, 0.25) is 0 Å². The van der Waals surface area contributed by atoms with E-state index in [2.05, 4.69) is 20.1 Å². The van der Waals surface area contributed by atoms with E-state index in [4.69, 9.17) is 25.4 Å². The van der Waals surface area contributed by atoms with Gasteiger partial charge in [-0.1, -0.05) is 11.3 Å². The predicted octanol–water partition coefficient (Wildman–Crippen LogP) is 4.11. The van der Waals surface area contributed by atoms with Crippen LogP contribution in [0.4, 0.5) is 19.7 Å². The molecule has 0 spiro atoms. The van der Waals surface area contributed by atoms with E-state index in [9.17, 15) is 4.39 Å². The Hall–Kier alpha value is -3.22. The number of halogens is 2. The van der Waals surface area contributed by atoms with E-state index < -0.39 is 11.6 Å². The Morgan fingerprint density at radius 3 is 2.58 bits per heavy atom. The van der Waals surface area contributed by atoms with Crippen LogP contribution < -0.4 is 20.7 Å². The monoisotopic (exact) mass is 564 g/mol. The summed E-state index contributed by atoms with van der Waals surface area (Å²) in [6, 6.07) is 5.24. The van der Waals surface area contributed by atoms with Gasteiger partial charge in [0.15, 0.2) is 10.8 Å². The van der Waals surface area contributed by atoms with Crippen LogP contribution in [0.2, 0.25) is 0 Å². The molecule has 208 valence electrons. The number of hydrogen-bond donors (Lipinski definition) is 2. The van der Waals surface area contributed by atoms with Crippen LogP contribution in [0.15, 0.2) is 18.2 Å². The van der Waals surface area contributed by atoms with Crippen LogP contribution >= 0.6 is 11.3 Å². The average molecular weight is 565 g/mol. The smallest absolute Gasteiger partial charge is 0.320 e. The minimum Gasteiger partial charge on any atom is -0.461 e. The van der Waals surface area contributed by atoms with E-state index in [0.29, 0.717) is 46.6 Å². The maximum atomic E-state index is 15.8. The first-order valence-corrected chi connectivity index (χ1v) is 14.9. The zero-order chi connectivity index (χ0) is 27.0. The first-order valence-electron chi connectivity index (χ1n) is 14.1. The van der Waals surface area contributed by atoms with Crippen LogP contribution in [0, 0.1) is 11.6 Å². The van der Waals surface area contributed by atoms with Gasteiger partial charge in [0.05, 0.1) is 21.1 Å². The maximum absolute atomic E-state index is 15.8. The summed E-state index contributed by atoms with van der Waals surface area (Å²) >= 11 is 1.03. The molecule has 4 saturated heterocycles. The first-order chi connectivity index (χ1) is 19.5. The second kappa shape index (κ2) is 9.15. The van der Waals surface area contributed by atoms with E-state index in [1.807, 2.05) is 0 Å². The molecule has 0 radical (unpaired) electrons. The molecule has 0 saturated carbocycles. The lowest BCUT2D eigenvalue weighted by Crippen LogP contribution is -2.51. The summed E-state index contributed by atoms with van der Waals surface area (Å²) in [7, 11) is 0. The SMILES string of the molecule is Nc1nc2c(-c3nc4nc(OCC56CCCN5CCC6)nc(N5CC6CCC(C5)N6)c4cc3F)ccc(F)c2s1. The van der Waals surface area contributed by atoms with Crippen molar-refractivity contribution in [2.45, 2.75) is 56.1 Å². The quantitative estimate of drug-likeness (QED) is 0.371. The molecule has 4 aliphatic heterocycles. The van der Waals surface area contributed by atoms with Gasteiger partial charge in [-0.3, -0.25) is 4.90 Å². The molecule has 9 nitrogen and oxygen atoms in total. The molecule has 7 heterocycles. The third-order valence-electron chi connectivity index (χ3n) is 9.16. The molecule has 0 amide bonds. The molecule has 2 bridgehead atoms. The van der Waals surface area contributed by atoms with Gasteiger partial charge < -0.3 is 20.7 Å². The molecule has 4 aliphatic rings. The summed E-state index contributed by atoms with van der Waals surface area (Å²) in [5.41, 5.74) is 6.98. The van der Waals surface area contributed by atoms with E-state index in [0.717, 1.165) is 63.2 Å². The fourth-order valence-corrected chi connectivity index (χ4v) is 8.07. The van der Waals surface area contributed by atoms with E-state index in [-0.39, 0.29) is 27.1 Å². The lowest BCUT2D eigenvalue weighted by molar-refractivity contribution is 0.108. The highest BCUT2D eigenvalue weighted by Crippen LogP contribution is 2.40. The normalized spacial score (nSPS) is 23.9. The maximum Gasteiger partial charge on any atom is 0.320 e. The molecule has 4 fully saturated rings. The van der Waals surface area contributed by atoms with Gasteiger partial charge in [-0.05, 0) is 69.8 Å². The van der Waals surface area contributed by atoms with Crippen molar-refractivity contribution in [2.24, 2.45) is 0 Å². The highest BCUT2D eigenvalue weighted by Gasteiger charge is 2.45. The Morgan fingerprint density at radius 2 is 1.80 bits per heavy atom. The zero-order valence-electron chi connectivity index (χ0n) is 22.0. The van der Waals surface area contributed by atoms with Crippen molar-refractivity contribution in [3.05, 3.63) is 29.8 Å². The average Bonchev–Trinajstić information content (AvgIpc) is 3.70. The van der Waals surface area contributed by atoms with Crippen molar-refractivity contribution in [2.75, 3.05) is 43.4 Å². The summed E-state index contributed by atoms with van der Waals surface area (Å²) < 4.78 is 36.9. The number of nitrogens with one attached hydrogen (secondary N) is 1. The van der Waals surface area contributed by atoms with Crippen LogP contribution in [0.1, 0.15) is 38.5 Å². The molecule has 12 heteroatoms. The number of aromatic nitrogens is 4. The molecule has 3 N–H and O–H groups in total. The molecular formula is C28H30F2N8OS. The van der Waals surface area contributed by atoms with Crippen molar-refractivity contribution < 1.29 is 13.5 Å². The number of nitrogens with zero attached hydrogens (tertiary/aromatic N) is 6. The van der Waals surface area contributed by atoms with Crippen LogP contribution in [0.3, 0.4) is 0 Å². The number of ether oxygens (including phenoxy) is 1. The molecular weight excluding hydrogens is 534 g/mol. The number of anilines is 2. The number of thiazole rings is 1. The summed E-state index contributed by atoms with van der Waals surface area (Å²) in [5, 5.41) is 4.39. The molecule has 40 heavy (non-hydrogen) atoms. The molecule has 8 rings (SSSR count). The van der Waals surface area contributed by atoms with E-state index in [1.54, 1.807) is 0 Å². The molecule has 4 aromatic rings. The van der Waals surface area contributed by atoms with Gasteiger partial charge in [0.25, 0.3) is 0 Å². The van der Waals surface area contributed by atoms with Crippen molar-refractivity contribution >= 4 is 43.5 Å². The third kappa shape index (κ3) is 3.91. The Bertz CT molecular complexity index is 1620. The number of piperazine rings is 1. The second-order valence-corrected chi connectivity index (χ2v) is 12.6. The number of nitrogen functional groups attached to an aromatic ring is 1. The fraction of sp³-hybridized carbons (Fsp3) is 0.500. The largest absolute Gasteiger partial charge is 0.461 e. The number of fused-ring (bicyclic) bond motifs is 5. The van der Waals surface area contributed by atoms with Crippen LogP contribution in [-0.4, -0.2) is 75.2 Å². The lowest BCUT2D eigenvalue weighted by Gasteiger charge is -2.34. The molecule has 3 aromatic heterocycles. The van der Waals surface area contributed by atoms with Crippen molar-refractivity contribution in [1.29, 1.82) is 0 Å². The highest BCUT2D eigenvalue weighted by atomic mass is 32.1. The highest BCUT2D eigenvalue weighted by molar-refractivity contribution is 7.22. The number of rotatable bonds is 5. The van der Waals surface area contributed by atoms with Crippen LogP contribution in [-0.2, 0) is 0 Å². The van der Waals surface area contributed by atoms with Crippen molar-refractivity contribution in [3.63, 3.8) is 0 Å². The standard InChI is InChI=1S/C28H30F2N8OS/c29-19-6-5-17(22-23(19)40-26(31)34-22)21-20(30)11-18-24(33-21)35-27(39-14-28-7-1-9-38(28)10-2-8-28)36-25(18)37-12-15-3-4-16(13-37)32-15/h5-6,11,15-16,32H,1-4,7-10,12-14H2,(H2,31,34). The van der Waals surface area contributed by atoms with Gasteiger partial charge in [-0.15, -0.1) is 0 Å². The van der Waals surface area contributed by atoms with Gasteiger partial charge >= 0.3 is 6.01 Å². The minimum atomic E-state index is -0.546. The topological polar surface area (TPSA) is 105 Å². The van der Waals surface area contributed by atoms with Crippen molar-refractivity contribution in [1.82, 2.24) is 30.2 Å². The number of nitrogens with two attached hydrogens (primary N) is 1. The first kappa shape index (κ1) is 24.6.